The highest BCUT2D eigenvalue weighted by molar-refractivity contribution is 7.98. The molecule has 0 radical (unpaired) electrons. The Labute approximate surface area is 148 Å². The molecular formula is C20H24N2OS. The molecule has 0 N–H and O–H groups in total. The Morgan fingerprint density at radius 3 is 2.79 bits per heavy atom. The van der Waals surface area contributed by atoms with E-state index >= 15 is 0 Å². The number of nitrogens with zero attached hydrogens (tertiary/aromatic N) is 2. The van der Waals surface area contributed by atoms with Crippen LogP contribution in [0.2, 0.25) is 0 Å². The number of thioether (sulfide) groups is 1. The second-order valence-corrected chi connectivity index (χ2v) is 7.18. The number of pyridine rings is 1. The highest BCUT2D eigenvalue weighted by Crippen LogP contribution is 2.23. The van der Waals surface area contributed by atoms with Gasteiger partial charge in [0.25, 0.3) is 0 Å². The van der Waals surface area contributed by atoms with E-state index in [2.05, 4.69) is 22.2 Å². The summed E-state index contributed by atoms with van der Waals surface area (Å²) in [6, 6.07) is 14.1. The van der Waals surface area contributed by atoms with Crippen molar-refractivity contribution in [1.82, 2.24) is 9.88 Å². The van der Waals surface area contributed by atoms with E-state index in [0.29, 0.717) is 5.78 Å². The maximum Gasteiger partial charge on any atom is 0.167 e. The maximum absolute atomic E-state index is 12.8. The van der Waals surface area contributed by atoms with E-state index in [0.717, 1.165) is 50.2 Å². The Hall–Kier alpha value is -1.65. The molecule has 126 valence electrons. The summed E-state index contributed by atoms with van der Waals surface area (Å²) in [5.41, 5.74) is 1.97. The van der Waals surface area contributed by atoms with Gasteiger partial charge in [0.2, 0.25) is 0 Å². The minimum absolute atomic E-state index is 0.127. The molecule has 1 aromatic heterocycles. The van der Waals surface area contributed by atoms with E-state index < -0.39 is 0 Å². The normalized spacial score (nSPS) is 18.5. The number of hydrogen-bond donors (Lipinski definition) is 0. The monoisotopic (exact) mass is 340 g/mol. The van der Waals surface area contributed by atoms with Gasteiger partial charge in [0.05, 0.1) is 0 Å². The third-order valence-corrected chi connectivity index (χ3v) is 5.40. The lowest BCUT2D eigenvalue weighted by Gasteiger charge is -2.32. The van der Waals surface area contributed by atoms with E-state index in [1.54, 1.807) is 11.8 Å². The van der Waals surface area contributed by atoms with E-state index in [-0.39, 0.29) is 5.92 Å². The van der Waals surface area contributed by atoms with Crippen molar-refractivity contribution in [2.45, 2.75) is 24.2 Å². The average Bonchev–Trinajstić information content (AvgIpc) is 2.67. The quantitative estimate of drug-likeness (QED) is 0.589. The number of likely N-dealkylation sites (tertiary alicyclic amines) is 1. The maximum atomic E-state index is 12.8. The molecule has 2 heterocycles. The Morgan fingerprint density at radius 1 is 1.25 bits per heavy atom. The molecule has 0 spiro atoms. The average molecular weight is 340 g/mol. The van der Waals surface area contributed by atoms with Crippen molar-refractivity contribution in [3.05, 3.63) is 59.9 Å². The zero-order valence-electron chi connectivity index (χ0n) is 14.1. The molecule has 0 bridgehead atoms. The van der Waals surface area contributed by atoms with Crippen LogP contribution in [-0.2, 0) is 6.42 Å². The van der Waals surface area contributed by atoms with E-state index in [1.165, 1.54) is 4.90 Å². The van der Waals surface area contributed by atoms with Crippen molar-refractivity contribution in [1.29, 1.82) is 0 Å². The standard InChI is InChI=1S/C20H24N2OS/c1-24-19-9-7-16(8-10-19)20(23)17-5-4-13-22(15-17)14-11-18-6-2-3-12-21-18/h2-3,6-10,12,17H,4-5,11,13-15H2,1H3/t17-/m0/s1. The van der Waals surface area contributed by atoms with E-state index in [9.17, 15) is 4.79 Å². The van der Waals surface area contributed by atoms with Gasteiger partial charge in [0, 0.05) is 47.8 Å². The fourth-order valence-electron chi connectivity index (χ4n) is 3.28. The lowest BCUT2D eigenvalue weighted by Crippen LogP contribution is -2.39. The first-order valence-electron chi connectivity index (χ1n) is 8.57. The van der Waals surface area contributed by atoms with Crippen molar-refractivity contribution in [2.75, 3.05) is 25.9 Å². The predicted octanol–water partition coefficient (Wildman–Crippen LogP) is 3.94. The summed E-state index contributed by atoms with van der Waals surface area (Å²) in [6.45, 7) is 2.93. The number of Topliss-reactive ketones (excluding diaryl/α,β-unsaturated/α-hetero) is 1. The molecule has 4 heteroatoms. The molecule has 1 aromatic carbocycles. The van der Waals surface area contributed by atoms with Gasteiger partial charge in [0.15, 0.2) is 5.78 Å². The molecule has 3 rings (SSSR count). The first-order chi connectivity index (χ1) is 11.8. The molecule has 1 saturated heterocycles. The van der Waals surface area contributed by atoms with Gasteiger partial charge in [-0.1, -0.05) is 18.2 Å². The van der Waals surface area contributed by atoms with Gasteiger partial charge < -0.3 is 4.90 Å². The first kappa shape index (κ1) is 17.2. The highest BCUT2D eigenvalue weighted by Gasteiger charge is 2.26. The van der Waals surface area contributed by atoms with Crippen LogP contribution >= 0.6 is 11.8 Å². The van der Waals surface area contributed by atoms with Crippen LogP contribution < -0.4 is 0 Å². The summed E-state index contributed by atoms with van der Waals surface area (Å²) >= 11 is 1.70. The first-order valence-corrected chi connectivity index (χ1v) is 9.79. The van der Waals surface area contributed by atoms with Gasteiger partial charge in [-0.25, -0.2) is 0 Å². The molecule has 1 aliphatic rings. The molecule has 0 saturated carbocycles. The zero-order valence-corrected chi connectivity index (χ0v) is 15.0. The number of hydrogen-bond acceptors (Lipinski definition) is 4. The molecule has 0 unspecified atom stereocenters. The van der Waals surface area contributed by atoms with Crippen molar-refractivity contribution >= 4 is 17.5 Å². The fraction of sp³-hybridized carbons (Fsp3) is 0.400. The predicted molar refractivity (Wildman–Crippen MR) is 99.7 cm³/mol. The van der Waals surface area contributed by atoms with Crippen LogP contribution in [0.5, 0.6) is 0 Å². The number of carbonyl (C=O) groups is 1. The Kier molecular flexibility index (Phi) is 6.05. The number of benzene rings is 1. The fourth-order valence-corrected chi connectivity index (χ4v) is 3.69. The number of aromatic nitrogens is 1. The molecule has 0 amide bonds. The molecular weight excluding hydrogens is 316 g/mol. The van der Waals surface area contributed by atoms with E-state index in [4.69, 9.17) is 0 Å². The molecule has 2 aromatic rings. The minimum Gasteiger partial charge on any atom is -0.302 e. The van der Waals surface area contributed by atoms with Gasteiger partial charge in [0.1, 0.15) is 0 Å². The smallest absolute Gasteiger partial charge is 0.167 e. The summed E-state index contributed by atoms with van der Waals surface area (Å²) in [4.78, 5) is 20.8. The Bertz CT molecular complexity index is 657. The van der Waals surface area contributed by atoms with Gasteiger partial charge >= 0.3 is 0 Å². The Morgan fingerprint density at radius 2 is 2.08 bits per heavy atom. The number of piperidine rings is 1. The lowest BCUT2D eigenvalue weighted by atomic mass is 9.90. The topological polar surface area (TPSA) is 33.2 Å². The SMILES string of the molecule is CSc1ccc(C(=O)[C@H]2CCCN(CCc3ccccn3)C2)cc1. The van der Waals surface area contributed by atoms with Crippen LogP contribution in [0.3, 0.4) is 0 Å². The largest absolute Gasteiger partial charge is 0.302 e. The third-order valence-electron chi connectivity index (χ3n) is 4.66. The van der Waals surface area contributed by atoms with Crippen molar-refractivity contribution in [3.8, 4) is 0 Å². The van der Waals surface area contributed by atoms with Gasteiger partial charge in [-0.05, 0) is 49.9 Å². The zero-order chi connectivity index (χ0) is 16.8. The van der Waals surface area contributed by atoms with Gasteiger partial charge in [-0.15, -0.1) is 11.8 Å². The third kappa shape index (κ3) is 4.46. The molecule has 0 aliphatic carbocycles. The summed E-state index contributed by atoms with van der Waals surface area (Å²) < 4.78 is 0. The van der Waals surface area contributed by atoms with Crippen LogP contribution in [0.25, 0.3) is 0 Å². The second kappa shape index (κ2) is 8.45. The van der Waals surface area contributed by atoms with Gasteiger partial charge in [-0.3, -0.25) is 9.78 Å². The van der Waals surface area contributed by atoms with Crippen molar-refractivity contribution in [3.63, 3.8) is 0 Å². The van der Waals surface area contributed by atoms with Crippen molar-refractivity contribution < 1.29 is 4.79 Å². The molecule has 3 nitrogen and oxygen atoms in total. The van der Waals surface area contributed by atoms with Crippen LogP contribution in [0.15, 0.2) is 53.6 Å². The lowest BCUT2D eigenvalue weighted by molar-refractivity contribution is 0.0821. The van der Waals surface area contributed by atoms with Crippen LogP contribution in [0.1, 0.15) is 28.9 Å². The number of carbonyl (C=O) groups excluding carboxylic acids is 1. The number of ketones is 1. The Balaban J connectivity index is 1.57. The molecule has 24 heavy (non-hydrogen) atoms. The summed E-state index contributed by atoms with van der Waals surface area (Å²) in [5, 5.41) is 0. The van der Waals surface area contributed by atoms with Crippen LogP contribution in [0, 0.1) is 5.92 Å². The number of rotatable bonds is 6. The van der Waals surface area contributed by atoms with E-state index in [1.807, 2.05) is 42.6 Å². The summed E-state index contributed by atoms with van der Waals surface area (Å²) in [7, 11) is 0. The molecule has 1 atom stereocenters. The minimum atomic E-state index is 0.127. The molecule has 1 aliphatic heterocycles. The van der Waals surface area contributed by atoms with Crippen molar-refractivity contribution in [2.24, 2.45) is 5.92 Å². The second-order valence-electron chi connectivity index (χ2n) is 6.30. The van der Waals surface area contributed by atoms with Crippen LogP contribution in [-0.4, -0.2) is 41.6 Å². The highest BCUT2D eigenvalue weighted by atomic mass is 32.2. The molecule has 1 fully saturated rings. The van der Waals surface area contributed by atoms with Crippen LogP contribution in [0.4, 0.5) is 0 Å². The summed E-state index contributed by atoms with van der Waals surface area (Å²) in [5.74, 6) is 0.424. The van der Waals surface area contributed by atoms with Gasteiger partial charge in [-0.2, -0.15) is 0 Å². The summed E-state index contributed by atoms with van der Waals surface area (Å²) in [6.07, 6.45) is 6.95.